The van der Waals surface area contributed by atoms with Crippen molar-refractivity contribution in [3.63, 3.8) is 0 Å². The Morgan fingerprint density at radius 1 is 0.879 bits per heavy atom. The molecule has 5 unspecified atom stereocenters. The van der Waals surface area contributed by atoms with Gasteiger partial charge in [-0.25, -0.2) is 0 Å². The van der Waals surface area contributed by atoms with Crippen LogP contribution in [0.1, 0.15) is 99.8 Å². The van der Waals surface area contributed by atoms with Crippen molar-refractivity contribution in [2.24, 2.45) is 23.7 Å². The van der Waals surface area contributed by atoms with Crippen LogP contribution in [-0.4, -0.2) is 43.4 Å². The normalized spacial score (nSPS) is 22.6. The molecule has 1 N–H and O–H groups in total. The van der Waals surface area contributed by atoms with E-state index in [4.69, 9.17) is 9.47 Å². The van der Waals surface area contributed by atoms with Gasteiger partial charge >= 0.3 is 41.5 Å². The molecule has 1 rings (SSSR count). The first-order valence-electron chi connectivity index (χ1n) is 12.5. The third kappa shape index (κ3) is 11.9. The predicted molar refractivity (Wildman–Crippen MR) is 126 cm³/mol. The maximum atomic E-state index is 12.9. The largest absolute Gasteiger partial charge is 1.00 e. The molecule has 0 heterocycles. The Hall–Kier alpha value is -0.150. The molecule has 0 aromatic carbocycles. The second-order valence-corrected chi connectivity index (χ2v) is 11.0. The van der Waals surface area contributed by atoms with Gasteiger partial charge in [-0.15, -0.1) is 0 Å². The first kappa shape index (κ1) is 32.8. The zero-order chi connectivity index (χ0) is 24.1. The minimum absolute atomic E-state index is 0. The fourth-order valence-electron chi connectivity index (χ4n) is 4.36. The molecule has 0 aromatic rings. The number of carbonyl (C=O) groups excluding carboxylic acids is 2. The third-order valence-electron chi connectivity index (χ3n) is 6.84. The van der Waals surface area contributed by atoms with Crippen LogP contribution >= 0.6 is 0 Å². The van der Waals surface area contributed by atoms with E-state index in [-0.39, 0.29) is 68.7 Å². The second kappa shape index (κ2) is 17.3. The van der Waals surface area contributed by atoms with E-state index < -0.39 is 39.1 Å². The van der Waals surface area contributed by atoms with Gasteiger partial charge in [0.05, 0.1) is 30.3 Å². The van der Waals surface area contributed by atoms with Crippen molar-refractivity contribution in [2.75, 3.05) is 13.2 Å². The molecule has 5 atom stereocenters. The molecule has 0 aliphatic heterocycles. The maximum absolute atomic E-state index is 12.9. The summed E-state index contributed by atoms with van der Waals surface area (Å²) in [6.45, 7) is 8.91. The van der Waals surface area contributed by atoms with Gasteiger partial charge in [-0.05, 0) is 43.9 Å². The summed E-state index contributed by atoms with van der Waals surface area (Å²) in [4.78, 5) is 25.8. The van der Waals surface area contributed by atoms with Crippen LogP contribution in [0.15, 0.2) is 0 Å². The molecule has 1 fully saturated rings. The number of ether oxygens (including phenoxy) is 2. The first-order chi connectivity index (χ1) is 15.2. The standard InChI is InChI=1S/C24H44O7S.Na.H/c1-5-9-11-18(7-3)16-30-23(25)21-14-13-20(32(27,28)29)15-22(21)24(26)31-17-19(8-4)12-10-6-2;;/h18-22H,5-17H2,1-4H3,(H,27,28,29);;/q;+1;-1. The number of hydrogen-bond donors (Lipinski definition) is 1. The molecule has 0 bridgehead atoms. The third-order valence-corrected chi connectivity index (χ3v) is 8.11. The zero-order valence-corrected chi connectivity index (χ0v) is 24.2. The van der Waals surface area contributed by atoms with Crippen LogP contribution in [0, 0.1) is 23.7 Å². The first-order valence-corrected chi connectivity index (χ1v) is 14.0. The van der Waals surface area contributed by atoms with Gasteiger partial charge in [0.25, 0.3) is 10.1 Å². The predicted octanol–water partition coefficient (Wildman–Crippen LogP) is 2.29. The molecule has 33 heavy (non-hydrogen) atoms. The molecular formula is C24H45NaO7S. The van der Waals surface area contributed by atoms with Crippen LogP contribution in [0.5, 0.6) is 0 Å². The molecule has 0 amide bonds. The summed E-state index contributed by atoms with van der Waals surface area (Å²) in [5.74, 6) is -2.15. The summed E-state index contributed by atoms with van der Waals surface area (Å²) in [6, 6.07) is 0. The Morgan fingerprint density at radius 3 is 1.73 bits per heavy atom. The van der Waals surface area contributed by atoms with Crippen LogP contribution < -0.4 is 29.6 Å². The Balaban J connectivity index is 0. The van der Waals surface area contributed by atoms with E-state index in [2.05, 4.69) is 20.8 Å². The Morgan fingerprint density at radius 2 is 1.33 bits per heavy atom. The van der Waals surface area contributed by atoms with Gasteiger partial charge in [0.2, 0.25) is 0 Å². The van der Waals surface area contributed by atoms with E-state index in [0.29, 0.717) is 6.61 Å². The van der Waals surface area contributed by atoms with Crippen LogP contribution in [0.4, 0.5) is 0 Å². The van der Waals surface area contributed by atoms with Crippen molar-refractivity contribution < 1.29 is 63.0 Å². The summed E-state index contributed by atoms with van der Waals surface area (Å²) < 4.78 is 44.0. The van der Waals surface area contributed by atoms with E-state index in [1.807, 2.05) is 6.92 Å². The number of esters is 2. The minimum Gasteiger partial charge on any atom is -1.00 e. The Kier molecular flexibility index (Phi) is 17.2. The molecule has 1 saturated carbocycles. The zero-order valence-electron chi connectivity index (χ0n) is 22.4. The summed E-state index contributed by atoms with van der Waals surface area (Å²) in [6.07, 6.45) is 8.19. The maximum Gasteiger partial charge on any atom is 1.00 e. The molecular weight excluding hydrogens is 455 g/mol. The topological polar surface area (TPSA) is 107 Å². The van der Waals surface area contributed by atoms with Gasteiger partial charge in [0, 0.05) is 0 Å². The van der Waals surface area contributed by atoms with E-state index in [0.717, 1.165) is 51.4 Å². The van der Waals surface area contributed by atoms with Crippen molar-refractivity contribution in [2.45, 2.75) is 104 Å². The fourth-order valence-corrected chi connectivity index (χ4v) is 5.24. The number of rotatable bonds is 15. The molecule has 1 aliphatic carbocycles. The van der Waals surface area contributed by atoms with Crippen molar-refractivity contribution in [3.8, 4) is 0 Å². The van der Waals surface area contributed by atoms with Crippen LogP contribution in [0.2, 0.25) is 0 Å². The van der Waals surface area contributed by atoms with Gasteiger partial charge < -0.3 is 10.9 Å². The van der Waals surface area contributed by atoms with Crippen molar-refractivity contribution in [1.29, 1.82) is 0 Å². The van der Waals surface area contributed by atoms with Crippen molar-refractivity contribution in [3.05, 3.63) is 0 Å². The molecule has 1 aliphatic rings. The van der Waals surface area contributed by atoms with Crippen molar-refractivity contribution in [1.82, 2.24) is 0 Å². The van der Waals surface area contributed by atoms with E-state index >= 15 is 0 Å². The Labute approximate surface area is 224 Å². The number of unbranched alkanes of at least 4 members (excludes halogenated alkanes) is 2. The van der Waals surface area contributed by atoms with Crippen molar-refractivity contribution >= 4 is 22.1 Å². The van der Waals surface area contributed by atoms with Crippen LogP contribution in [-0.2, 0) is 29.2 Å². The quantitative estimate of drug-likeness (QED) is 0.209. The molecule has 7 nitrogen and oxygen atoms in total. The SMILES string of the molecule is CCCCC(CC)COC(=O)C1CCC(S(=O)(=O)O)CC1C(=O)OCC(CC)CCCC.[H-].[Na+]. The van der Waals surface area contributed by atoms with Gasteiger partial charge in [0.1, 0.15) is 0 Å². The molecule has 0 radical (unpaired) electrons. The van der Waals surface area contributed by atoms with E-state index in [1.165, 1.54) is 0 Å². The second-order valence-electron chi connectivity index (χ2n) is 9.26. The average Bonchev–Trinajstić information content (AvgIpc) is 2.77. The summed E-state index contributed by atoms with van der Waals surface area (Å²) in [7, 11) is -4.29. The van der Waals surface area contributed by atoms with Gasteiger partial charge in [-0.2, -0.15) is 8.42 Å². The number of hydrogen-bond acceptors (Lipinski definition) is 6. The summed E-state index contributed by atoms with van der Waals surface area (Å²) in [5.41, 5.74) is 0. The van der Waals surface area contributed by atoms with Gasteiger partial charge in [-0.3, -0.25) is 14.1 Å². The average molecular weight is 501 g/mol. The molecule has 0 saturated heterocycles. The molecule has 0 spiro atoms. The van der Waals surface area contributed by atoms with Crippen LogP contribution in [0.3, 0.4) is 0 Å². The fraction of sp³-hybridized carbons (Fsp3) is 0.917. The molecule has 0 aromatic heterocycles. The summed E-state index contributed by atoms with van der Waals surface area (Å²) in [5, 5.41) is -1.06. The monoisotopic (exact) mass is 500 g/mol. The van der Waals surface area contributed by atoms with Gasteiger partial charge in [0.15, 0.2) is 0 Å². The van der Waals surface area contributed by atoms with E-state index in [9.17, 15) is 22.6 Å². The molecule has 9 heteroatoms. The van der Waals surface area contributed by atoms with Crippen LogP contribution in [0.25, 0.3) is 0 Å². The molecule has 190 valence electrons. The Bertz CT molecular complexity index is 674. The minimum atomic E-state index is -4.29. The smallest absolute Gasteiger partial charge is 1.00 e. The number of carbonyl (C=O) groups is 2. The van der Waals surface area contributed by atoms with E-state index in [1.54, 1.807) is 0 Å². The van der Waals surface area contributed by atoms with Gasteiger partial charge in [-0.1, -0.05) is 66.2 Å². The summed E-state index contributed by atoms with van der Waals surface area (Å²) >= 11 is 0.